The third-order valence-corrected chi connectivity index (χ3v) is 3.63. The standard InChI is InChI=1S/C14H14FNOS/c15-12-8-11(6-7-13(12)16)18-9-14(17)10-4-2-1-3-5-10/h1-8,14,17H,9,16H2. The molecule has 0 fully saturated rings. The fraction of sp³-hybridized carbons (Fsp3) is 0.143. The Morgan fingerprint density at radius 3 is 2.56 bits per heavy atom. The van der Waals surface area contributed by atoms with Crippen molar-refractivity contribution in [3.63, 3.8) is 0 Å². The molecule has 0 aliphatic rings. The fourth-order valence-corrected chi connectivity index (χ4v) is 2.44. The smallest absolute Gasteiger partial charge is 0.147 e. The minimum Gasteiger partial charge on any atom is -0.396 e. The summed E-state index contributed by atoms with van der Waals surface area (Å²) in [5.41, 5.74) is 6.41. The molecule has 0 spiro atoms. The van der Waals surface area contributed by atoms with Gasteiger partial charge < -0.3 is 10.8 Å². The van der Waals surface area contributed by atoms with Crippen molar-refractivity contribution < 1.29 is 9.50 Å². The molecule has 0 aromatic heterocycles. The van der Waals surface area contributed by atoms with E-state index in [0.717, 1.165) is 10.5 Å². The molecule has 2 aromatic carbocycles. The Bertz CT molecular complexity index is 518. The first-order valence-electron chi connectivity index (χ1n) is 5.57. The number of halogens is 1. The van der Waals surface area contributed by atoms with Crippen molar-refractivity contribution >= 4 is 17.4 Å². The van der Waals surface area contributed by atoms with Crippen LogP contribution >= 0.6 is 11.8 Å². The quantitative estimate of drug-likeness (QED) is 0.657. The van der Waals surface area contributed by atoms with Gasteiger partial charge in [0, 0.05) is 10.6 Å². The monoisotopic (exact) mass is 263 g/mol. The van der Waals surface area contributed by atoms with E-state index in [9.17, 15) is 9.50 Å². The van der Waals surface area contributed by atoms with Crippen LogP contribution in [0.1, 0.15) is 11.7 Å². The van der Waals surface area contributed by atoms with Crippen molar-refractivity contribution in [2.75, 3.05) is 11.5 Å². The van der Waals surface area contributed by atoms with Gasteiger partial charge in [-0.2, -0.15) is 0 Å². The first kappa shape index (κ1) is 12.9. The molecule has 94 valence electrons. The van der Waals surface area contributed by atoms with Gasteiger partial charge in [-0.1, -0.05) is 30.3 Å². The molecule has 18 heavy (non-hydrogen) atoms. The number of nitrogens with two attached hydrogens (primary N) is 1. The Morgan fingerprint density at radius 1 is 1.17 bits per heavy atom. The lowest BCUT2D eigenvalue weighted by atomic mass is 10.1. The zero-order chi connectivity index (χ0) is 13.0. The summed E-state index contributed by atoms with van der Waals surface area (Å²) in [4.78, 5) is 0.761. The first-order chi connectivity index (χ1) is 8.66. The molecule has 1 atom stereocenters. The maximum atomic E-state index is 13.2. The van der Waals surface area contributed by atoms with Gasteiger partial charge in [0.2, 0.25) is 0 Å². The van der Waals surface area contributed by atoms with Gasteiger partial charge in [0.25, 0.3) is 0 Å². The highest BCUT2D eigenvalue weighted by atomic mass is 32.2. The molecular weight excluding hydrogens is 249 g/mol. The van der Waals surface area contributed by atoms with E-state index in [0.29, 0.717) is 5.75 Å². The SMILES string of the molecule is Nc1ccc(SCC(O)c2ccccc2)cc1F. The second-order valence-corrected chi connectivity index (χ2v) is 5.01. The normalized spacial score (nSPS) is 12.3. The number of aliphatic hydroxyl groups is 1. The van der Waals surface area contributed by atoms with Gasteiger partial charge in [-0.25, -0.2) is 4.39 Å². The van der Waals surface area contributed by atoms with Crippen LogP contribution in [0.4, 0.5) is 10.1 Å². The summed E-state index contributed by atoms with van der Waals surface area (Å²) in [5.74, 6) is 0.0575. The zero-order valence-corrected chi connectivity index (χ0v) is 10.5. The summed E-state index contributed by atoms with van der Waals surface area (Å²) in [7, 11) is 0. The topological polar surface area (TPSA) is 46.2 Å². The average molecular weight is 263 g/mol. The van der Waals surface area contributed by atoms with Crippen molar-refractivity contribution in [3.05, 3.63) is 59.9 Å². The van der Waals surface area contributed by atoms with Crippen LogP contribution in [-0.4, -0.2) is 10.9 Å². The second-order valence-electron chi connectivity index (χ2n) is 3.92. The number of hydrogen-bond acceptors (Lipinski definition) is 3. The van der Waals surface area contributed by atoms with Gasteiger partial charge in [0.15, 0.2) is 0 Å². The first-order valence-corrected chi connectivity index (χ1v) is 6.56. The molecular formula is C14H14FNOS. The third-order valence-electron chi connectivity index (χ3n) is 2.56. The van der Waals surface area contributed by atoms with Crippen LogP contribution in [0.15, 0.2) is 53.4 Å². The molecule has 0 radical (unpaired) electrons. The predicted octanol–water partition coefficient (Wildman–Crippen LogP) is 3.23. The van der Waals surface area contributed by atoms with Crippen LogP contribution in [0.2, 0.25) is 0 Å². The van der Waals surface area contributed by atoms with Crippen molar-refractivity contribution in [1.29, 1.82) is 0 Å². The summed E-state index contributed by atoms with van der Waals surface area (Å²) in [6, 6.07) is 14.1. The molecule has 3 N–H and O–H groups in total. The molecule has 2 rings (SSSR count). The highest BCUT2D eigenvalue weighted by molar-refractivity contribution is 7.99. The molecule has 4 heteroatoms. The summed E-state index contributed by atoms with van der Waals surface area (Å²) >= 11 is 1.40. The van der Waals surface area contributed by atoms with Gasteiger partial charge in [0.1, 0.15) is 5.82 Å². The average Bonchev–Trinajstić information content (AvgIpc) is 2.41. The highest BCUT2D eigenvalue weighted by Gasteiger charge is 2.08. The molecule has 0 saturated carbocycles. The molecule has 0 amide bonds. The number of benzene rings is 2. The lowest BCUT2D eigenvalue weighted by Gasteiger charge is -2.10. The lowest BCUT2D eigenvalue weighted by Crippen LogP contribution is -2.00. The van der Waals surface area contributed by atoms with Gasteiger partial charge in [-0.05, 0) is 23.8 Å². The molecule has 0 aliphatic carbocycles. The Morgan fingerprint density at radius 2 is 1.89 bits per heavy atom. The summed E-state index contributed by atoms with van der Waals surface area (Å²) < 4.78 is 13.2. The summed E-state index contributed by atoms with van der Waals surface area (Å²) in [5, 5.41) is 9.97. The lowest BCUT2D eigenvalue weighted by molar-refractivity contribution is 0.204. The summed E-state index contributed by atoms with van der Waals surface area (Å²) in [6.45, 7) is 0. The Labute approximate surface area is 110 Å². The summed E-state index contributed by atoms with van der Waals surface area (Å²) in [6.07, 6.45) is -0.559. The maximum Gasteiger partial charge on any atom is 0.147 e. The Kier molecular flexibility index (Phi) is 4.23. The van der Waals surface area contributed by atoms with Crippen LogP contribution in [0.25, 0.3) is 0 Å². The van der Waals surface area contributed by atoms with Gasteiger partial charge in [-0.15, -0.1) is 11.8 Å². The van der Waals surface area contributed by atoms with E-state index in [1.165, 1.54) is 23.9 Å². The predicted molar refractivity (Wildman–Crippen MR) is 72.9 cm³/mol. The largest absolute Gasteiger partial charge is 0.396 e. The van der Waals surface area contributed by atoms with E-state index in [2.05, 4.69) is 0 Å². The minimum atomic E-state index is -0.559. The van der Waals surface area contributed by atoms with Crippen LogP contribution in [0.3, 0.4) is 0 Å². The molecule has 2 aromatic rings. The number of rotatable bonds is 4. The van der Waals surface area contributed by atoms with Crippen molar-refractivity contribution in [3.8, 4) is 0 Å². The molecule has 0 heterocycles. The van der Waals surface area contributed by atoms with E-state index in [1.807, 2.05) is 30.3 Å². The van der Waals surface area contributed by atoms with Gasteiger partial charge in [0.05, 0.1) is 11.8 Å². The Hall–Kier alpha value is -1.52. The van der Waals surface area contributed by atoms with E-state index in [4.69, 9.17) is 5.73 Å². The van der Waals surface area contributed by atoms with Crippen molar-refractivity contribution in [1.82, 2.24) is 0 Å². The molecule has 0 bridgehead atoms. The minimum absolute atomic E-state index is 0.142. The zero-order valence-electron chi connectivity index (χ0n) is 9.71. The maximum absolute atomic E-state index is 13.2. The highest BCUT2D eigenvalue weighted by Crippen LogP contribution is 2.26. The van der Waals surface area contributed by atoms with E-state index in [-0.39, 0.29) is 5.69 Å². The van der Waals surface area contributed by atoms with E-state index < -0.39 is 11.9 Å². The molecule has 0 aliphatic heterocycles. The molecule has 1 unspecified atom stereocenters. The molecule has 2 nitrogen and oxygen atoms in total. The number of hydrogen-bond donors (Lipinski definition) is 2. The third kappa shape index (κ3) is 3.24. The number of anilines is 1. The van der Waals surface area contributed by atoms with Crippen LogP contribution < -0.4 is 5.73 Å². The van der Waals surface area contributed by atoms with Gasteiger partial charge >= 0.3 is 0 Å². The van der Waals surface area contributed by atoms with Crippen LogP contribution in [0.5, 0.6) is 0 Å². The van der Waals surface area contributed by atoms with Crippen LogP contribution in [-0.2, 0) is 0 Å². The van der Waals surface area contributed by atoms with Crippen LogP contribution in [0, 0.1) is 5.82 Å². The number of nitrogen functional groups attached to an aromatic ring is 1. The van der Waals surface area contributed by atoms with E-state index >= 15 is 0 Å². The number of aliphatic hydroxyl groups excluding tert-OH is 1. The fourth-order valence-electron chi connectivity index (χ4n) is 1.54. The van der Waals surface area contributed by atoms with Gasteiger partial charge in [-0.3, -0.25) is 0 Å². The number of thioether (sulfide) groups is 1. The Balaban J connectivity index is 1.97. The van der Waals surface area contributed by atoms with Crippen molar-refractivity contribution in [2.45, 2.75) is 11.0 Å². The molecule has 0 saturated heterocycles. The van der Waals surface area contributed by atoms with Crippen molar-refractivity contribution in [2.24, 2.45) is 0 Å². The second kappa shape index (κ2) is 5.89. The van der Waals surface area contributed by atoms with E-state index in [1.54, 1.807) is 6.07 Å².